The molecule has 0 amide bonds. The van der Waals surface area contributed by atoms with E-state index in [1.54, 1.807) is 0 Å². The number of rotatable bonds is 3. The van der Waals surface area contributed by atoms with Gasteiger partial charge in [0.1, 0.15) is 0 Å². The molecule has 2 nitrogen and oxygen atoms in total. The number of fused-ring (bicyclic) bond motifs is 3. The molecular formula is C24H18N2. The Hall–Kier alpha value is -3.52. The zero-order chi connectivity index (χ0) is 17.3. The Kier molecular flexibility index (Phi) is 3.46. The van der Waals surface area contributed by atoms with Gasteiger partial charge in [0.2, 0.25) is 0 Å². The molecule has 0 aliphatic carbocycles. The van der Waals surface area contributed by atoms with Gasteiger partial charge in [-0.3, -0.25) is 0 Å². The van der Waals surface area contributed by atoms with Crippen molar-refractivity contribution in [3.8, 4) is 0 Å². The first-order chi connectivity index (χ1) is 12.9. The minimum absolute atomic E-state index is 1.14. The number of para-hydroxylation sites is 3. The maximum absolute atomic E-state index is 3.55. The summed E-state index contributed by atoms with van der Waals surface area (Å²) in [5.74, 6) is 0. The average molecular weight is 334 g/mol. The third-order valence-electron chi connectivity index (χ3n) is 4.78. The van der Waals surface area contributed by atoms with Gasteiger partial charge in [0.15, 0.2) is 0 Å². The fraction of sp³-hybridized carbons (Fsp3) is 0. The van der Waals surface area contributed by atoms with Crippen molar-refractivity contribution in [1.29, 1.82) is 0 Å². The third-order valence-corrected chi connectivity index (χ3v) is 4.78. The van der Waals surface area contributed by atoms with Gasteiger partial charge in [-0.1, -0.05) is 60.7 Å². The lowest BCUT2D eigenvalue weighted by Crippen LogP contribution is -2.09. The first-order valence-electron chi connectivity index (χ1n) is 8.81. The van der Waals surface area contributed by atoms with E-state index in [0.717, 1.165) is 22.6 Å². The maximum Gasteiger partial charge on any atom is 0.0485 e. The second kappa shape index (κ2) is 6.08. The van der Waals surface area contributed by atoms with Crippen molar-refractivity contribution in [3.05, 3.63) is 103 Å². The molecule has 0 saturated heterocycles. The SMILES string of the molecule is c1ccc(N(c2ccccc2)c2ccc3c(c2)[nH]c2ccccc23)cc1. The molecule has 26 heavy (non-hydrogen) atoms. The minimum atomic E-state index is 1.14. The summed E-state index contributed by atoms with van der Waals surface area (Å²) in [7, 11) is 0. The Balaban J connectivity index is 1.72. The maximum atomic E-state index is 3.55. The summed E-state index contributed by atoms with van der Waals surface area (Å²) >= 11 is 0. The molecule has 0 aliphatic heterocycles. The third kappa shape index (κ3) is 2.44. The van der Waals surface area contributed by atoms with E-state index in [1.165, 1.54) is 16.3 Å². The highest BCUT2D eigenvalue weighted by molar-refractivity contribution is 6.08. The summed E-state index contributed by atoms with van der Waals surface area (Å²) in [6.07, 6.45) is 0. The van der Waals surface area contributed by atoms with E-state index < -0.39 is 0 Å². The molecule has 0 fully saturated rings. The summed E-state index contributed by atoms with van der Waals surface area (Å²) in [5.41, 5.74) is 5.76. The van der Waals surface area contributed by atoms with Crippen LogP contribution in [0.15, 0.2) is 103 Å². The molecule has 1 N–H and O–H groups in total. The van der Waals surface area contributed by atoms with Crippen molar-refractivity contribution in [1.82, 2.24) is 4.98 Å². The Morgan fingerprint density at radius 1 is 0.462 bits per heavy atom. The van der Waals surface area contributed by atoms with Crippen molar-refractivity contribution >= 4 is 38.9 Å². The molecule has 5 aromatic rings. The molecule has 0 aliphatic rings. The van der Waals surface area contributed by atoms with E-state index >= 15 is 0 Å². The van der Waals surface area contributed by atoms with Crippen LogP contribution in [0.4, 0.5) is 17.1 Å². The van der Waals surface area contributed by atoms with Crippen LogP contribution in [0.1, 0.15) is 0 Å². The van der Waals surface area contributed by atoms with Gasteiger partial charge in [0.25, 0.3) is 0 Å². The van der Waals surface area contributed by atoms with Gasteiger partial charge in [-0.15, -0.1) is 0 Å². The lowest BCUT2D eigenvalue weighted by Gasteiger charge is -2.25. The topological polar surface area (TPSA) is 19.0 Å². The van der Waals surface area contributed by atoms with Crippen LogP contribution in [0.25, 0.3) is 21.8 Å². The lowest BCUT2D eigenvalue weighted by molar-refractivity contribution is 1.29. The van der Waals surface area contributed by atoms with Gasteiger partial charge in [-0.25, -0.2) is 0 Å². The van der Waals surface area contributed by atoms with Gasteiger partial charge >= 0.3 is 0 Å². The minimum Gasteiger partial charge on any atom is -0.354 e. The van der Waals surface area contributed by atoms with E-state index in [4.69, 9.17) is 0 Å². The van der Waals surface area contributed by atoms with Crippen molar-refractivity contribution < 1.29 is 0 Å². The number of aromatic nitrogens is 1. The zero-order valence-corrected chi connectivity index (χ0v) is 14.3. The highest BCUT2D eigenvalue weighted by Crippen LogP contribution is 2.36. The summed E-state index contributed by atoms with van der Waals surface area (Å²) < 4.78 is 0. The average Bonchev–Trinajstić information content (AvgIpc) is 3.08. The van der Waals surface area contributed by atoms with Crippen molar-refractivity contribution in [2.24, 2.45) is 0 Å². The largest absolute Gasteiger partial charge is 0.354 e. The highest BCUT2D eigenvalue weighted by atomic mass is 15.1. The van der Waals surface area contributed by atoms with E-state index in [-0.39, 0.29) is 0 Å². The number of anilines is 3. The van der Waals surface area contributed by atoms with Gasteiger partial charge in [-0.05, 0) is 42.5 Å². The van der Waals surface area contributed by atoms with E-state index in [9.17, 15) is 0 Å². The Morgan fingerprint density at radius 3 is 1.73 bits per heavy atom. The highest BCUT2D eigenvalue weighted by Gasteiger charge is 2.13. The van der Waals surface area contributed by atoms with Crippen LogP contribution in [0, 0.1) is 0 Å². The van der Waals surface area contributed by atoms with E-state index in [0.29, 0.717) is 0 Å². The predicted molar refractivity (Wildman–Crippen MR) is 110 cm³/mol. The van der Waals surface area contributed by atoms with Crippen molar-refractivity contribution in [2.45, 2.75) is 0 Å². The molecular weight excluding hydrogens is 316 g/mol. The molecule has 0 unspecified atom stereocenters. The van der Waals surface area contributed by atoms with Crippen LogP contribution in [0.5, 0.6) is 0 Å². The van der Waals surface area contributed by atoms with Gasteiger partial charge < -0.3 is 9.88 Å². The molecule has 0 bridgehead atoms. The summed E-state index contributed by atoms with van der Waals surface area (Å²) in [6, 6.07) is 36.1. The Labute approximate surface area is 152 Å². The summed E-state index contributed by atoms with van der Waals surface area (Å²) in [5, 5.41) is 2.52. The van der Waals surface area contributed by atoms with Crippen LogP contribution in [0.2, 0.25) is 0 Å². The second-order valence-electron chi connectivity index (χ2n) is 6.41. The summed E-state index contributed by atoms with van der Waals surface area (Å²) in [6.45, 7) is 0. The number of hydrogen-bond donors (Lipinski definition) is 1. The number of nitrogens with one attached hydrogen (secondary N) is 1. The number of hydrogen-bond acceptors (Lipinski definition) is 1. The van der Waals surface area contributed by atoms with Gasteiger partial charge in [0.05, 0.1) is 0 Å². The number of H-pyrrole nitrogens is 1. The number of aromatic amines is 1. The molecule has 1 aromatic heterocycles. The summed E-state index contributed by atoms with van der Waals surface area (Å²) in [4.78, 5) is 5.83. The molecule has 2 heteroatoms. The first-order valence-corrected chi connectivity index (χ1v) is 8.81. The molecule has 5 rings (SSSR count). The standard InChI is InChI=1S/C24H18N2/c1-3-9-18(10-4-1)26(19-11-5-2-6-12-19)20-15-16-22-21-13-7-8-14-23(21)25-24(22)17-20/h1-17,25H. The van der Waals surface area contributed by atoms with E-state index in [2.05, 4.69) is 101 Å². The van der Waals surface area contributed by atoms with Crippen LogP contribution in [-0.4, -0.2) is 4.98 Å². The lowest BCUT2D eigenvalue weighted by atomic mass is 10.1. The fourth-order valence-corrected chi connectivity index (χ4v) is 3.58. The van der Waals surface area contributed by atoms with Gasteiger partial charge in [-0.2, -0.15) is 0 Å². The number of benzene rings is 4. The van der Waals surface area contributed by atoms with Crippen molar-refractivity contribution in [2.75, 3.05) is 4.90 Å². The number of nitrogens with zero attached hydrogens (tertiary/aromatic N) is 1. The molecule has 1 heterocycles. The van der Waals surface area contributed by atoms with Crippen molar-refractivity contribution in [3.63, 3.8) is 0 Å². The quantitative estimate of drug-likeness (QED) is 0.385. The molecule has 0 atom stereocenters. The molecule has 4 aromatic carbocycles. The van der Waals surface area contributed by atoms with Crippen LogP contribution in [-0.2, 0) is 0 Å². The molecule has 124 valence electrons. The monoisotopic (exact) mass is 334 g/mol. The molecule has 0 saturated carbocycles. The van der Waals surface area contributed by atoms with Crippen LogP contribution in [0.3, 0.4) is 0 Å². The van der Waals surface area contributed by atoms with Crippen LogP contribution >= 0.6 is 0 Å². The van der Waals surface area contributed by atoms with E-state index in [1.807, 2.05) is 12.1 Å². The zero-order valence-electron chi connectivity index (χ0n) is 14.3. The van der Waals surface area contributed by atoms with Crippen LogP contribution < -0.4 is 4.90 Å². The Bertz CT molecular complexity index is 1130. The molecule has 0 spiro atoms. The second-order valence-corrected chi connectivity index (χ2v) is 6.41. The predicted octanol–water partition coefficient (Wildman–Crippen LogP) is 6.79. The molecule has 0 radical (unpaired) electrons. The van der Waals surface area contributed by atoms with Gasteiger partial charge in [0, 0.05) is 38.9 Å². The normalized spacial score (nSPS) is 11.1. The fourth-order valence-electron chi connectivity index (χ4n) is 3.58. The first kappa shape index (κ1) is 14.8. The smallest absolute Gasteiger partial charge is 0.0485 e. The Morgan fingerprint density at radius 2 is 1.04 bits per heavy atom.